The zero-order valence-corrected chi connectivity index (χ0v) is 12.3. The number of rotatable bonds is 2. The molecule has 1 fully saturated rings. The summed E-state index contributed by atoms with van der Waals surface area (Å²) in [6.45, 7) is 2.69. The lowest BCUT2D eigenvalue weighted by molar-refractivity contribution is 0.105. The van der Waals surface area contributed by atoms with E-state index in [9.17, 15) is 4.79 Å². The fraction of sp³-hybridized carbons (Fsp3) is 0.357. The first-order chi connectivity index (χ1) is 10.2. The summed E-state index contributed by atoms with van der Waals surface area (Å²) >= 11 is 1.44. The Bertz CT molecular complexity index is 857. The molecule has 0 aliphatic carbocycles. The Kier molecular flexibility index (Phi) is 2.90. The molecule has 1 unspecified atom stereocenters. The molecule has 108 valence electrons. The van der Waals surface area contributed by atoms with Crippen LogP contribution in [0.15, 0.2) is 17.1 Å². The summed E-state index contributed by atoms with van der Waals surface area (Å²) in [5.41, 5.74) is 2.63. The maximum atomic E-state index is 12.3. The lowest BCUT2D eigenvalue weighted by Crippen LogP contribution is -2.13. The van der Waals surface area contributed by atoms with Gasteiger partial charge in [-0.05, 0) is 25.8 Å². The molecule has 0 spiro atoms. The second kappa shape index (κ2) is 4.78. The van der Waals surface area contributed by atoms with E-state index in [1.54, 1.807) is 6.20 Å². The van der Waals surface area contributed by atoms with E-state index in [1.807, 2.05) is 13.0 Å². The van der Waals surface area contributed by atoms with E-state index in [4.69, 9.17) is 4.74 Å². The molecular formula is C14H14N4O2S. The van der Waals surface area contributed by atoms with Crippen molar-refractivity contribution in [1.29, 1.82) is 0 Å². The molecule has 0 radical (unpaired) electrons. The van der Waals surface area contributed by atoms with Gasteiger partial charge in [-0.2, -0.15) is 5.10 Å². The number of hydrogen-bond donors (Lipinski definition) is 2. The second-order valence-corrected chi connectivity index (χ2v) is 6.24. The summed E-state index contributed by atoms with van der Waals surface area (Å²) in [4.78, 5) is 20.7. The summed E-state index contributed by atoms with van der Waals surface area (Å²) in [7, 11) is 0. The van der Waals surface area contributed by atoms with E-state index < -0.39 is 0 Å². The fourth-order valence-electron chi connectivity index (χ4n) is 2.64. The van der Waals surface area contributed by atoms with Crippen LogP contribution < -0.4 is 5.56 Å². The molecule has 0 aromatic carbocycles. The molecule has 1 aliphatic rings. The van der Waals surface area contributed by atoms with Crippen LogP contribution in [-0.4, -0.2) is 26.8 Å². The Morgan fingerprint density at radius 3 is 3.10 bits per heavy atom. The first-order valence-corrected chi connectivity index (χ1v) is 7.70. The molecule has 3 aromatic rings. The number of ether oxygens (including phenoxy) is 1. The number of H-pyrrole nitrogens is 2. The predicted octanol–water partition coefficient (Wildman–Crippen LogP) is 2.53. The number of nitrogens with zero attached hydrogens (tertiary/aromatic N) is 2. The van der Waals surface area contributed by atoms with Gasteiger partial charge in [0, 0.05) is 22.7 Å². The van der Waals surface area contributed by atoms with E-state index in [1.165, 1.54) is 11.3 Å². The van der Waals surface area contributed by atoms with Crippen LogP contribution in [0.1, 0.15) is 30.5 Å². The van der Waals surface area contributed by atoms with Crippen LogP contribution in [0.5, 0.6) is 0 Å². The van der Waals surface area contributed by atoms with Gasteiger partial charge in [0.25, 0.3) is 5.56 Å². The van der Waals surface area contributed by atoms with Crippen molar-refractivity contribution in [2.45, 2.75) is 25.9 Å². The molecule has 0 bridgehead atoms. The number of fused-ring (bicyclic) bond motifs is 1. The average molecular weight is 302 g/mol. The predicted molar refractivity (Wildman–Crippen MR) is 80.5 cm³/mol. The largest absolute Gasteiger partial charge is 0.370 e. The molecule has 4 heterocycles. The fourth-order valence-corrected chi connectivity index (χ4v) is 3.69. The van der Waals surface area contributed by atoms with E-state index in [0.717, 1.165) is 41.1 Å². The van der Waals surface area contributed by atoms with Crippen LogP contribution in [0.3, 0.4) is 0 Å². The van der Waals surface area contributed by atoms with Gasteiger partial charge in [0.15, 0.2) is 0 Å². The number of aryl methyl sites for hydroxylation is 1. The minimum atomic E-state index is -0.0945. The highest BCUT2D eigenvalue weighted by atomic mass is 32.1. The van der Waals surface area contributed by atoms with E-state index in [0.29, 0.717) is 10.5 Å². The molecule has 2 N–H and O–H groups in total. The smallest absolute Gasteiger partial charge is 0.268 e. The third-order valence-corrected chi connectivity index (χ3v) is 4.89. The van der Waals surface area contributed by atoms with Gasteiger partial charge in [0.1, 0.15) is 16.6 Å². The first kappa shape index (κ1) is 12.7. The third-order valence-electron chi connectivity index (χ3n) is 3.73. The molecule has 0 saturated carbocycles. The number of thiophene rings is 1. The van der Waals surface area contributed by atoms with Crippen molar-refractivity contribution < 1.29 is 4.74 Å². The van der Waals surface area contributed by atoms with Gasteiger partial charge >= 0.3 is 0 Å². The molecule has 21 heavy (non-hydrogen) atoms. The molecule has 3 aromatic heterocycles. The van der Waals surface area contributed by atoms with Crippen LogP contribution in [0.4, 0.5) is 0 Å². The van der Waals surface area contributed by atoms with Gasteiger partial charge in [-0.3, -0.25) is 9.89 Å². The van der Waals surface area contributed by atoms with Gasteiger partial charge in [0.05, 0.1) is 11.7 Å². The quantitative estimate of drug-likeness (QED) is 0.762. The van der Waals surface area contributed by atoms with Gasteiger partial charge in [0.2, 0.25) is 0 Å². The summed E-state index contributed by atoms with van der Waals surface area (Å²) < 4.78 is 6.24. The van der Waals surface area contributed by atoms with Crippen LogP contribution in [0.2, 0.25) is 0 Å². The standard InChI is InChI=1S/C14H14N4O2S/c1-7-8(6-15-18-7)11-5-9-12(21-11)14(19)17-13(16-9)10-3-2-4-20-10/h5-6,10H,2-4H2,1H3,(H,15,18)(H,16,17,19). The summed E-state index contributed by atoms with van der Waals surface area (Å²) in [6.07, 6.45) is 3.61. The minimum Gasteiger partial charge on any atom is -0.370 e. The summed E-state index contributed by atoms with van der Waals surface area (Å²) in [5.74, 6) is 0.637. The van der Waals surface area contributed by atoms with Crippen molar-refractivity contribution in [3.05, 3.63) is 34.1 Å². The summed E-state index contributed by atoms with van der Waals surface area (Å²) in [5, 5.41) is 6.94. The van der Waals surface area contributed by atoms with Crippen molar-refractivity contribution in [3.63, 3.8) is 0 Å². The lowest BCUT2D eigenvalue weighted by atomic mass is 10.2. The maximum Gasteiger partial charge on any atom is 0.268 e. The van der Waals surface area contributed by atoms with Crippen molar-refractivity contribution in [3.8, 4) is 10.4 Å². The van der Waals surface area contributed by atoms with Crippen LogP contribution in [0, 0.1) is 6.92 Å². The maximum absolute atomic E-state index is 12.3. The number of hydrogen-bond acceptors (Lipinski definition) is 5. The Morgan fingerprint density at radius 2 is 2.38 bits per heavy atom. The van der Waals surface area contributed by atoms with Crippen LogP contribution >= 0.6 is 11.3 Å². The molecule has 4 rings (SSSR count). The molecule has 1 saturated heterocycles. The number of aromatic nitrogens is 4. The van der Waals surface area contributed by atoms with Crippen LogP contribution in [0.25, 0.3) is 20.7 Å². The van der Waals surface area contributed by atoms with E-state index >= 15 is 0 Å². The average Bonchev–Trinajstić information content (AvgIpc) is 3.17. The monoisotopic (exact) mass is 302 g/mol. The van der Waals surface area contributed by atoms with Gasteiger partial charge < -0.3 is 9.72 Å². The van der Waals surface area contributed by atoms with Gasteiger partial charge in [-0.15, -0.1) is 11.3 Å². The Labute approximate surface area is 124 Å². The zero-order valence-electron chi connectivity index (χ0n) is 11.5. The topological polar surface area (TPSA) is 83.7 Å². The highest BCUT2D eigenvalue weighted by Crippen LogP contribution is 2.33. The molecule has 6 nitrogen and oxygen atoms in total. The van der Waals surface area contributed by atoms with Gasteiger partial charge in [-0.25, -0.2) is 4.98 Å². The van der Waals surface area contributed by atoms with Crippen molar-refractivity contribution in [2.24, 2.45) is 0 Å². The van der Waals surface area contributed by atoms with Gasteiger partial charge in [-0.1, -0.05) is 0 Å². The number of aromatic amines is 2. The molecule has 0 amide bonds. The Hall–Kier alpha value is -1.99. The van der Waals surface area contributed by atoms with E-state index in [-0.39, 0.29) is 11.7 Å². The SMILES string of the molecule is Cc1[nH]ncc1-c1cc2nc(C3CCCO3)[nH]c(=O)c2s1. The zero-order chi connectivity index (χ0) is 14.4. The third kappa shape index (κ3) is 2.09. The normalized spacial score (nSPS) is 18.6. The Balaban J connectivity index is 1.85. The highest BCUT2D eigenvalue weighted by Gasteiger charge is 2.21. The molecule has 1 atom stereocenters. The van der Waals surface area contributed by atoms with Crippen molar-refractivity contribution in [2.75, 3.05) is 6.61 Å². The second-order valence-electron chi connectivity index (χ2n) is 5.19. The highest BCUT2D eigenvalue weighted by molar-refractivity contribution is 7.22. The molecule has 1 aliphatic heterocycles. The van der Waals surface area contributed by atoms with Crippen molar-refractivity contribution in [1.82, 2.24) is 20.2 Å². The Morgan fingerprint density at radius 1 is 1.48 bits per heavy atom. The minimum absolute atomic E-state index is 0.0823. The summed E-state index contributed by atoms with van der Waals surface area (Å²) in [6, 6.07) is 1.95. The first-order valence-electron chi connectivity index (χ1n) is 6.88. The van der Waals surface area contributed by atoms with Crippen molar-refractivity contribution >= 4 is 21.6 Å². The molecular weight excluding hydrogens is 288 g/mol. The lowest BCUT2D eigenvalue weighted by Gasteiger charge is -2.07. The van der Waals surface area contributed by atoms with E-state index in [2.05, 4.69) is 20.2 Å². The molecule has 7 heteroatoms. The number of nitrogens with one attached hydrogen (secondary N) is 2. The van der Waals surface area contributed by atoms with Crippen LogP contribution in [-0.2, 0) is 4.74 Å².